The van der Waals surface area contributed by atoms with Crippen LogP contribution in [-0.4, -0.2) is 53.6 Å². The summed E-state index contributed by atoms with van der Waals surface area (Å²) in [6.45, 7) is 4.28. The molecule has 6 heteroatoms. The minimum absolute atomic E-state index is 0.119. The highest BCUT2D eigenvalue weighted by molar-refractivity contribution is 5.93. The Morgan fingerprint density at radius 1 is 1.36 bits per heavy atom. The number of aromatic nitrogens is 1. The van der Waals surface area contributed by atoms with Gasteiger partial charge in [-0.25, -0.2) is 9.78 Å². The third-order valence-electron chi connectivity index (χ3n) is 5.64. The van der Waals surface area contributed by atoms with Crippen molar-refractivity contribution in [2.45, 2.75) is 51.6 Å². The maximum atomic E-state index is 11.5. The molecular weight excluding hydrogens is 320 g/mol. The van der Waals surface area contributed by atoms with Crippen molar-refractivity contribution < 1.29 is 19.7 Å². The van der Waals surface area contributed by atoms with Gasteiger partial charge in [-0.15, -0.1) is 0 Å². The van der Waals surface area contributed by atoms with E-state index in [9.17, 15) is 15.0 Å². The summed E-state index contributed by atoms with van der Waals surface area (Å²) in [5, 5.41) is 19.5. The molecule has 1 aromatic heterocycles. The van der Waals surface area contributed by atoms with Crippen LogP contribution in [0.1, 0.15) is 54.6 Å². The standard InChI is InChI=1S/C19H28N2O4/c1-14-5-6-16(18(23)24)17(20-14)21-9-7-19(13-22,8-10-21)12-15-4-2-3-11-25-15/h5-6,15,22H,2-4,7-13H2,1H3,(H,23,24). The first kappa shape index (κ1) is 18.1. The van der Waals surface area contributed by atoms with Crippen LogP contribution in [0, 0.1) is 12.3 Å². The van der Waals surface area contributed by atoms with E-state index in [0.717, 1.165) is 44.4 Å². The molecule has 3 rings (SSSR count). The lowest BCUT2D eigenvalue weighted by Crippen LogP contribution is -2.45. The summed E-state index contributed by atoms with van der Waals surface area (Å²) in [6.07, 6.45) is 6.22. The molecule has 0 aliphatic carbocycles. The second-order valence-electron chi connectivity index (χ2n) is 7.47. The number of aliphatic hydroxyl groups is 1. The van der Waals surface area contributed by atoms with Crippen molar-refractivity contribution >= 4 is 11.8 Å². The van der Waals surface area contributed by atoms with Gasteiger partial charge in [-0.2, -0.15) is 0 Å². The third kappa shape index (κ3) is 4.12. The molecule has 6 nitrogen and oxygen atoms in total. The van der Waals surface area contributed by atoms with E-state index >= 15 is 0 Å². The molecule has 25 heavy (non-hydrogen) atoms. The van der Waals surface area contributed by atoms with E-state index in [1.807, 2.05) is 11.8 Å². The van der Waals surface area contributed by atoms with Crippen LogP contribution in [0.5, 0.6) is 0 Å². The predicted octanol–water partition coefficient (Wildman–Crippen LogP) is 2.63. The van der Waals surface area contributed by atoms with Gasteiger partial charge in [0, 0.05) is 32.0 Å². The average molecular weight is 348 g/mol. The number of carboxylic acid groups (broad SMARTS) is 1. The Morgan fingerprint density at radius 2 is 2.12 bits per heavy atom. The lowest BCUT2D eigenvalue weighted by molar-refractivity contribution is -0.0355. The number of piperidine rings is 1. The number of aryl methyl sites for hydroxylation is 1. The SMILES string of the molecule is Cc1ccc(C(=O)O)c(N2CCC(CO)(CC3CCCCO3)CC2)n1. The normalized spacial score (nSPS) is 23.4. The topological polar surface area (TPSA) is 82.9 Å². The smallest absolute Gasteiger partial charge is 0.339 e. The van der Waals surface area contributed by atoms with Gasteiger partial charge in [0.2, 0.25) is 0 Å². The van der Waals surface area contributed by atoms with E-state index in [1.54, 1.807) is 12.1 Å². The Hall–Kier alpha value is -1.66. The first-order chi connectivity index (χ1) is 12.0. The Kier molecular flexibility index (Phi) is 5.59. The molecule has 1 aromatic rings. The van der Waals surface area contributed by atoms with E-state index < -0.39 is 5.97 Å². The maximum absolute atomic E-state index is 11.5. The summed E-state index contributed by atoms with van der Waals surface area (Å²) in [7, 11) is 0. The van der Waals surface area contributed by atoms with Gasteiger partial charge in [0.25, 0.3) is 0 Å². The van der Waals surface area contributed by atoms with Gasteiger partial charge >= 0.3 is 5.97 Å². The molecule has 0 amide bonds. The summed E-state index contributed by atoms with van der Waals surface area (Å²) in [6, 6.07) is 3.36. The minimum atomic E-state index is -0.947. The van der Waals surface area contributed by atoms with Crippen molar-refractivity contribution in [1.29, 1.82) is 0 Å². The van der Waals surface area contributed by atoms with Crippen LogP contribution in [0.15, 0.2) is 12.1 Å². The number of rotatable bonds is 5. The highest BCUT2D eigenvalue weighted by atomic mass is 16.5. The number of hydrogen-bond acceptors (Lipinski definition) is 5. The number of pyridine rings is 1. The monoisotopic (exact) mass is 348 g/mol. The van der Waals surface area contributed by atoms with Gasteiger partial charge in [0.05, 0.1) is 6.10 Å². The van der Waals surface area contributed by atoms with Gasteiger partial charge in [0.1, 0.15) is 11.4 Å². The third-order valence-corrected chi connectivity index (χ3v) is 5.64. The Bertz CT molecular complexity index is 605. The number of hydrogen-bond donors (Lipinski definition) is 2. The van der Waals surface area contributed by atoms with Crippen molar-refractivity contribution in [3.8, 4) is 0 Å². The summed E-state index contributed by atoms with van der Waals surface area (Å²) in [4.78, 5) is 18.0. The summed E-state index contributed by atoms with van der Waals surface area (Å²) < 4.78 is 5.87. The van der Waals surface area contributed by atoms with Crippen LogP contribution in [0.2, 0.25) is 0 Å². The molecule has 2 fully saturated rings. The van der Waals surface area contributed by atoms with Gasteiger partial charge in [-0.1, -0.05) is 0 Å². The Balaban J connectivity index is 1.70. The Morgan fingerprint density at radius 3 is 2.72 bits per heavy atom. The lowest BCUT2D eigenvalue weighted by Gasteiger charge is -2.43. The average Bonchev–Trinajstić information content (AvgIpc) is 2.63. The molecule has 138 valence electrons. The highest BCUT2D eigenvalue weighted by Crippen LogP contribution is 2.39. The first-order valence-electron chi connectivity index (χ1n) is 9.21. The summed E-state index contributed by atoms with van der Waals surface area (Å²) in [5.41, 5.74) is 0.943. The number of nitrogens with zero attached hydrogens (tertiary/aromatic N) is 2. The van der Waals surface area contributed by atoms with Crippen molar-refractivity contribution in [2.75, 3.05) is 31.2 Å². The van der Waals surface area contributed by atoms with E-state index in [4.69, 9.17) is 4.74 Å². The van der Waals surface area contributed by atoms with Crippen LogP contribution in [-0.2, 0) is 4.74 Å². The molecule has 0 aromatic carbocycles. The highest BCUT2D eigenvalue weighted by Gasteiger charge is 2.38. The van der Waals surface area contributed by atoms with E-state index in [1.165, 1.54) is 6.42 Å². The fourth-order valence-electron chi connectivity index (χ4n) is 4.02. The molecular formula is C19H28N2O4. The molecule has 2 aliphatic rings. The molecule has 3 heterocycles. The maximum Gasteiger partial charge on any atom is 0.339 e. The van der Waals surface area contributed by atoms with Crippen molar-refractivity contribution in [3.05, 3.63) is 23.4 Å². The van der Waals surface area contributed by atoms with Gasteiger partial charge in [-0.3, -0.25) is 0 Å². The zero-order valence-electron chi connectivity index (χ0n) is 14.9. The number of aromatic carboxylic acids is 1. The molecule has 1 atom stereocenters. The lowest BCUT2D eigenvalue weighted by atomic mass is 9.74. The van der Waals surface area contributed by atoms with Gasteiger partial charge in [0.15, 0.2) is 0 Å². The zero-order chi connectivity index (χ0) is 17.9. The fraction of sp³-hybridized carbons (Fsp3) is 0.684. The molecule has 0 spiro atoms. The van der Waals surface area contributed by atoms with Crippen molar-refractivity contribution in [2.24, 2.45) is 5.41 Å². The van der Waals surface area contributed by atoms with Crippen LogP contribution >= 0.6 is 0 Å². The summed E-state index contributed by atoms with van der Waals surface area (Å²) >= 11 is 0. The molecule has 0 bridgehead atoms. The molecule has 2 N–H and O–H groups in total. The molecule has 2 saturated heterocycles. The molecule has 1 unspecified atom stereocenters. The van der Waals surface area contributed by atoms with E-state index in [2.05, 4.69) is 4.98 Å². The van der Waals surface area contributed by atoms with Crippen molar-refractivity contribution in [3.63, 3.8) is 0 Å². The van der Waals surface area contributed by atoms with Crippen LogP contribution in [0.3, 0.4) is 0 Å². The van der Waals surface area contributed by atoms with E-state index in [0.29, 0.717) is 18.9 Å². The van der Waals surface area contributed by atoms with Gasteiger partial charge in [-0.05, 0) is 63.0 Å². The number of carboxylic acids is 1. The number of anilines is 1. The quantitative estimate of drug-likeness (QED) is 0.851. The molecule has 0 saturated carbocycles. The minimum Gasteiger partial charge on any atom is -0.478 e. The van der Waals surface area contributed by atoms with Crippen LogP contribution < -0.4 is 4.90 Å². The number of aliphatic hydroxyl groups excluding tert-OH is 1. The number of ether oxygens (including phenoxy) is 1. The van der Waals surface area contributed by atoms with Gasteiger partial charge < -0.3 is 19.8 Å². The van der Waals surface area contributed by atoms with Crippen LogP contribution in [0.25, 0.3) is 0 Å². The fourth-order valence-corrected chi connectivity index (χ4v) is 4.02. The second kappa shape index (κ2) is 7.70. The second-order valence-corrected chi connectivity index (χ2v) is 7.47. The largest absolute Gasteiger partial charge is 0.478 e. The first-order valence-corrected chi connectivity index (χ1v) is 9.21. The number of carbonyl (C=O) groups is 1. The zero-order valence-corrected chi connectivity index (χ0v) is 14.9. The Labute approximate surface area is 148 Å². The molecule has 2 aliphatic heterocycles. The van der Waals surface area contributed by atoms with Crippen molar-refractivity contribution in [1.82, 2.24) is 4.98 Å². The predicted molar refractivity (Wildman–Crippen MR) is 95.1 cm³/mol. The van der Waals surface area contributed by atoms with E-state index in [-0.39, 0.29) is 23.7 Å². The van der Waals surface area contributed by atoms with Crippen LogP contribution in [0.4, 0.5) is 5.82 Å². The molecule has 0 radical (unpaired) electrons. The summed E-state index contributed by atoms with van der Waals surface area (Å²) in [5.74, 6) is -0.398.